The van der Waals surface area contributed by atoms with Crippen LogP contribution < -0.4 is 10.6 Å². The SMILES string of the molecule is Cc1cc(N2CCCC(CC(C)(C)C(N)=O)C2)c([N+](=O)[O-])cc1C(F)(F)F. The summed E-state index contributed by atoms with van der Waals surface area (Å²) in [5.74, 6) is -0.348. The maximum Gasteiger partial charge on any atom is 0.416 e. The highest BCUT2D eigenvalue weighted by atomic mass is 19.4. The average Bonchev–Trinajstić information content (AvgIpc) is 2.52. The quantitative estimate of drug-likeness (QED) is 0.610. The molecule has 1 atom stereocenters. The van der Waals surface area contributed by atoms with Gasteiger partial charge in [-0.05, 0) is 43.7 Å². The zero-order valence-electron chi connectivity index (χ0n) is 15.6. The van der Waals surface area contributed by atoms with Gasteiger partial charge in [0.2, 0.25) is 5.91 Å². The highest BCUT2D eigenvalue weighted by Crippen LogP contribution is 2.41. The van der Waals surface area contributed by atoms with E-state index in [2.05, 4.69) is 0 Å². The second-order valence-corrected chi connectivity index (χ2v) is 7.82. The molecule has 1 aliphatic rings. The normalized spacial score (nSPS) is 18.4. The first kappa shape index (κ1) is 21.0. The number of nitrogens with two attached hydrogens (primary N) is 1. The number of nitro groups is 1. The lowest BCUT2D eigenvalue weighted by Crippen LogP contribution is -2.40. The average molecular weight is 387 g/mol. The summed E-state index contributed by atoms with van der Waals surface area (Å²) in [4.78, 5) is 24.0. The van der Waals surface area contributed by atoms with Gasteiger partial charge >= 0.3 is 6.18 Å². The summed E-state index contributed by atoms with van der Waals surface area (Å²) in [6, 6.07) is 1.85. The summed E-state index contributed by atoms with van der Waals surface area (Å²) in [7, 11) is 0. The molecule has 2 N–H and O–H groups in total. The molecule has 1 aromatic carbocycles. The van der Waals surface area contributed by atoms with Crippen molar-refractivity contribution >= 4 is 17.3 Å². The summed E-state index contributed by atoms with van der Waals surface area (Å²) >= 11 is 0. The molecule has 150 valence electrons. The van der Waals surface area contributed by atoms with E-state index >= 15 is 0 Å². The van der Waals surface area contributed by atoms with Gasteiger partial charge in [-0.2, -0.15) is 13.2 Å². The van der Waals surface area contributed by atoms with Gasteiger partial charge < -0.3 is 10.6 Å². The van der Waals surface area contributed by atoms with Crippen molar-refractivity contribution in [2.45, 2.75) is 46.2 Å². The van der Waals surface area contributed by atoms with Gasteiger partial charge in [-0.25, -0.2) is 0 Å². The number of nitrogens with zero attached hydrogens (tertiary/aromatic N) is 2. The molecule has 0 bridgehead atoms. The number of aryl methyl sites for hydroxylation is 1. The van der Waals surface area contributed by atoms with Crippen LogP contribution in [-0.4, -0.2) is 23.9 Å². The Bertz CT molecular complexity index is 747. The molecule has 2 rings (SSSR count). The Balaban J connectivity index is 2.35. The third-order valence-corrected chi connectivity index (χ3v) is 5.15. The molecule has 6 nitrogen and oxygen atoms in total. The molecular weight excluding hydrogens is 363 g/mol. The smallest absolute Gasteiger partial charge is 0.369 e. The van der Waals surface area contributed by atoms with E-state index in [1.54, 1.807) is 18.7 Å². The first-order chi connectivity index (χ1) is 12.3. The van der Waals surface area contributed by atoms with E-state index < -0.39 is 33.7 Å². The summed E-state index contributed by atoms with van der Waals surface area (Å²) < 4.78 is 39.3. The number of hydrogen-bond acceptors (Lipinski definition) is 4. The highest BCUT2D eigenvalue weighted by Gasteiger charge is 2.37. The molecule has 1 aliphatic heterocycles. The number of alkyl halides is 3. The predicted molar refractivity (Wildman–Crippen MR) is 95.4 cm³/mol. The van der Waals surface area contributed by atoms with E-state index in [1.807, 2.05) is 0 Å². The Kier molecular flexibility index (Phi) is 5.72. The lowest BCUT2D eigenvalue weighted by atomic mass is 9.79. The van der Waals surface area contributed by atoms with Crippen LogP contribution in [0.25, 0.3) is 0 Å². The van der Waals surface area contributed by atoms with Gasteiger partial charge in [0.1, 0.15) is 5.69 Å². The van der Waals surface area contributed by atoms with Crippen molar-refractivity contribution in [3.63, 3.8) is 0 Å². The van der Waals surface area contributed by atoms with E-state index in [0.717, 1.165) is 12.8 Å². The molecule has 0 saturated carbocycles. The van der Waals surface area contributed by atoms with Crippen LogP contribution in [0, 0.1) is 28.4 Å². The van der Waals surface area contributed by atoms with Gasteiger partial charge in [-0.1, -0.05) is 13.8 Å². The topological polar surface area (TPSA) is 89.5 Å². The second-order valence-electron chi connectivity index (χ2n) is 7.82. The van der Waals surface area contributed by atoms with Crippen molar-refractivity contribution in [3.05, 3.63) is 33.4 Å². The number of anilines is 1. The maximum atomic E-state index is 13.1. The van der Waals surface area contributed by atoms with Crippen molar-refractivity contribution in [2.24, 2.45) is 17.1 Å². The molecule has 0 spiro atoms. The summed E-state index contributed by atoms with van der Waals surface area (Å²) in [5.41, 5.74) is 3.30. The number of primary amides is 1. The van der Waals surface area contributed by atoms with E-state index in [0.29, 0.717) is 25.6 Å². The van der Waals surface area contributed by atoms with Crippen molar-refractivity contribution in [1.82, 2.24) is 0 Å². The largest absolute Gasteiger partial charge is 0.416 e. The lowest BCUT2D eigenvalue weighted by Gasteiger charge is -2.37. The monoisotopic (exact) mass is 387 g/mol. The third-order valence-electron chi connectivity index (χ3n) is 5.15. The molecular formula is C18H24F3N3O3. The minimum atomic E-state index is -4.65. The number of carbonyl (C=O) groups is 1. The van der Waals surface area contributed by atoms with Gasteiger partial charge in [0.05, 0.1) is 10.5 Å². The molecule has 0 aliphatic carbocycles. The fourth-order valence-electron chi connectivity index (χ4n) is 3.66. The van der Waals surface area contributed by atoms with Gasteiger partial charge in [-0.3, -0.25) is 14.9 Å². The maximum absolute atomic E-state index is 13.1. The van der Waals surface area contributed by atoms with Crippen molar-refractivity contribution < 1.29 is 22.9 Å². The van der Waals surface area contributed by atoms with Crippen molar-refractivity contribution in [2.75, 3.05) is 18.0 Å². The molecule has 0 radical (unpaired) electrons. The second kappa shape index (κ2) is 7.36. The number of hydrogen-bond donors (Lipinski definition) is 1. The van der Waals surface area contributed by atoms with Crippen LogP contribution in [-0.2, 0) is 11.0 Å². The summed E-state index contributed by atoms with van der Waals surface area (Å²) in [6.45, 7) is 5.74. The van der Waals surface area contributed by atoms with E-state index in [-0.39, 0.29) is 17.2 Å². The van der Waals surface area contributed by atoms with Crippen LogP contribution >= 0.6 is 0 Å². The lowest BCUT2D eigenvalue weighted by molar-refractivity contribution is -0.384. The number of piperidine rings is 1. The van der Waals surface area contributed by atoms with Gasteiger partial charge in [0.25, 0.3) is 5.69 Å². The first-order valence-electron chi connectivity index (χ1n) is 8.74. The fourth-order valence-corrected chi connectivity index (χ4v) is 3.66. The third kappa shape index (κ3) is 4.70. The van der Waals surface area contributed by atoms with Crippen molar-refractivity contribution in [3.8, 4) is 0 Å². The number of rotatable bonds is 5. The summed E-state index contributed by atoms with van der Waals surface area (Å²) in [5, 5.41) is 11.4. The van der Waals surface area contributed by atoms with Crippen LogP contribution in [0.2, 0.25) is 0 Å². The van der Waals surface area contributed by atoms with Gasteiger partial charge in [0, 0.05) is 24.6 Å². The Morgan fingerprint density at radius 1 is 1.37 bits per heavy atom. The zero-order chi connectivity index (χ0) is 20.6. The highest BCUT2D eigenvalue weighted by molar-refractivity contribution is 5.79. The minimum absolute atomic E-state index is 0.0531. The number of amides is 1. The fraction of sp³-hybridized carbons (Fsp3) is 0.611. The van der Waals surface area contributed by atoms with Crippen LogP contribution in [0.3, 0.4) is 0 Å². The van der Waals surface area contributed by atoms with Crippen LogP contribution in [0.15, 0.2) is 12.1 Å². The number of halogens is 3. The molecule has 1 heterocycles. The standard InChI is InChI=1S/C18H24F3N3O3/c1-11-7-14(15(24(26)27)8-13(11)18(19,20)21)23-6-4-5-12(10-23)9-17(2,3)16(22)25/h7-8,12H,4-6,9-10H2,1-3H3,(H2,22,25). The zero-order valence-corrected chi connectivity index (χ0v) is 15.6. The molecule has 1 saturated heterocycles. The van der Waals surface area contributed by atoms with Crippen LogP contribution in [0.5, 0.6) is 0 Å². The number of nitro benzene ring substituents is 1. The summed E-state index contributed by atoms with van der Waals surface area (Å²) in [6.07, 6.45) is -2.56. The molecule has 1 fully saturated rings. The Morgan fingerprint density at radius 3 is 2.52 bits per heavy atom. The molecule has 1 amide bonds. The number of carbonyl (C=O) groups excluding carboxylic acids is 1. The Morgan fingerprint density at radius 2 is 2.00 bits per heavy atom. The molecule has 0 aromatic heterocycles. The van der Waals surface area contributed by atoms with Gasteiger partial charge in [0.15, 0.2) is 0 Å². The molecule has 27 heavy (non-hydrogen) atoms. The van der Waals surface area contributed by atoms with E-state index in [4.69, 9.17) is 5.73 Å². The van der Waals surface area contributed by atoms with E-state index in [9.17, 15) is 28.1 Å². The van der Waals surface area contributed by atoms with E-state index in [1.165, 1.54) is 13.0 Å². The number of benzene rings is 1. The predicted octanol–water partition coefficient (Wildman–Crippen LogP) is 4.04. The first-order valence-corrected chi connectivity index (χ1v) is 8.74. The Labute approximate surface area is 155 Å². The van der Waals surface area contributed by atoms with Crippen molar-refractivity contribution in [1.29, 1.82) is 0 Å². The Hall–Kier alpha value is -2.32. The van der Waals surface area contributed by atoms with Crippen LogP contribution in [0.1, 0.15) is 44.2 Å². The van der Waals surface area contributed by atoms with Gasteiger partial charge in [-0.15, -0.1) is 0 Å². The molecule has 1 aromatic rings. The molecule has 9 heteroatoms. The molecule has 1 unspecified atom stereocenters. The minimum Gasteiger partial charge on any atom is -0.369 e. The van der Waals surface area contributed by atoms with Crippen LogP contribution in [0.4, 0.5) is 24.5 Å².